The quantitative estimate of drug-likeness (QED) is 0.819. The number of amides is 1. The van der Waals surface area contributed by atoms with Crippen LogP contribution in [-0.4, -0.2) is 16.6 Å². The first kappa shape index (κ1) is 15.1. The average Bonchev–Trinajstić information content (AvgIpc) is 2.88. The Balaban J connectivity index is 2.15. The molecule has 0 aliphatic heterocycles. The van der Waals surface area contributed by atoms with Crippen molar-refractivity contribution in [2.75, 3.05) is 11.1 Å². The Morgan fingerprint density at radius 3 is 2.80 bits per heavy atom. The zero-order chi connectivity index (χ0) is 14.5. The highest BCUT2D eigenvalue weighted by Gasteiger charge is 2.13. The molecule has 0 aliphatic rings. The lowest BCUT2D eigenvalue weighted by Gasteiger charge is -2.07. The predicted molar refractivity (Wildman–Crippen MR) is 87.0 cm³/mol. The summed E-state index contributed by atoms with van der Waals surface area (Å²) in [6.07, 6.45) is 0. The van der Waals surface area contributed by atoms with Gasteiger partial charge in [-0.2, -0.15) is 0 Å². The smallest absolute Gasteiger partial charge is 0.258 e. The molecule has 2 rings (SSSR count). The molecule has 0 saturated heterocycles. The summed E-state index contributed by atoms with van der Waals surface area (Å²) in [5, 5.41) is 5.54. The van der Waals surface area contributed by atoms with Gasteiger partial charge in [0, 0.05) is 10.3 Å². The molecule has 0 bridgehead atoms. The average molecular weight is 306 g/mol. The van der Waals surface area contributed by atoms with Crippen LogP contribution in [0, 0.1) is 0 Å². The van der Waals surface area contributed by atoms with E-state index in [9.17, 15) is 4.79 Å². The van der Waals surface area contributed by atoms with Crippen LogP contribution in [0.1, 0.15) is 42.7 Å². The topological polar surface area (TPSA) is 42.0 Å². The second kappa shape index (κ2) is 6.90. The Kier molecular flexibility index (Phi) is 5.20. The van der Waals surface area contributed by atoms with Gasteiger partial charge in [-0.05, 0) is 23.8 Å². The van der Waals surface area contributed by atoms with E-state index >= 15 is 0 Å². The van der Waals surface area contributed by atoms with Crippen LogP contribution in [0.15, 0.2) is 34.5 Å². The zero-order valence-electron chi connectivity index (χ0n) is 11.8. The number of thioether (sulfide) groups is 1. The minimum absolute atomic E-state index is 0.0915. The van der Waals surface area contributed by atoms with Gasteiger partial charge in [0.25, 0.3) is 5.91 Å². The molecule has 1 N–H and O–H groups in total. The van der Waals surface area contributed by atoms with Gasteiger partial charge in [0.1, 0.15) is 0 Å². The molecule has 20 heavy (non-hydrogen) atoms. The van der Waals surface area contributed by atoms with E-state index in [0.717, 1.165) is 16.3 Å². The molecule has 0 aliphatic carbocycles. The standard InChI is InChI=1S/C15H18N2OS2/c1-4-19-13-8-6-5-7-11(13)14(18)17-15-16-12(9-20-15)10(2)3/h5-10H,4H2,1-3H3,(H,16,17,18). The van der Waals surface area contributed by atoms with E-state index in [1.165, 1.54) is 11.3 Å². The third-order valence-electron chi connectivity index (χ3n) is 2.77. The largest absolute Gasteiger partial charge is 0.298 e. The van der Waals surface area contributed by atoms with Crippen molar-refractivity contribution in [1.82, 2.24) is 4.98 Å². The molecule has 1 aromatic carbocycles. The summed E-state index contributed by atoms with van der Waals surface area (Å²) >= 11 is 3.14. The molecular formula is C15H18N2OS2. The number of carbonyl (C=O) groups excluding carboxylic acids is 1. The Morgan fingerprint density at radius 2 is 2.15 bits per heavy atom. The van der Waals surface area contributed by atoms with Gasteiger partial charge in [-0.15, -0.1) is 23.1 Å². The first-order chi connectivity index (χ1) is 9.61. The number of nitrogens with one attached hydrogen (secondary N) is 1. The van der Waals surface area contributed by atoms with Gasteiger partial charge in [-0.1, -0.05) is 32.9 Å². The van der Waals surface area contributed by atoms with Gasteiger partial charge in [0.2, 0.25) is 0 Å². The Bertz CT molecular complexity index is 593. The molecule has 0 saturated carbocycles. The maximum atomic E-state index is 12.3. The SMILES string of the molecule is CCSc1ccccc1C(=O)Nc1nc(C(C)C)cs1. The highest BCUT2D eigenvalue weighted by molar-refractivity contribution is 7.99. The Hall–Kier alpha value is -1.33. The number of rotatable bonds is 5. The number of aromatic nitrogens is 1. The van der Waals surface area contributed by atoms with Crippen LogP contribution in [0.25, 0.3) is 0 Å². The highest BCUT2D eigenvalue weighted by atomic mass is 32.2. The number of benzene rings is 1. The minimum Gasteiger partial charge on any atom is -0.298 e. The summed E-state index contributed by atoms with van der Waals surface area (Å²) < 4.78 is 0. The van der Waals surface area contributed by atoms with Crippen LogP contribution in [0.2, 0.25) is 0 Å². The summed E-state index contributed by atoms with van der Waals surface area (Å²) in [4.78, 5) is 17.8. The predicted octanol–water partition coefficient (Wildman–Crippen LogP) is 4.63. The summed E-state index contributed by atoms with van der Waals surface area (Å²) in [6, 6.07) is 7.67. The van der Waals surface area contributed by atoms with Crippen LogP contribution in [0.5, 0.6) is 0 Å². The van der Waals surface area contributed by atoms with Crippen molar-refractivity contribution in [3.63, 3.8) is 0 Å². The number of hydrogen-bond donors (Lipinski definition) is 1. The van der Waals surface area contributed by atoms with E-state index in [0.29, 0.717) is 16.6 Å². The van der Waals surface area contributed by atoms with Crippen molar-refractivity contribution in [3.8, 4) is 0 Å². The second-order valence-corrected chi connectivity index (χ2v) is 6.78. The molecular weight excluding hydrogens is 288 g/mol. The molecule has 0 spiro atoms. The first-order valence-corrected chi connectivity index (χ1v) is 8.47. The van der Waals surface area contributed by atoms with Gasteiger partial charge in [-0.3, -0.25) is 10.1 Å². The van der Waals surface area contributed by atoms with E-state index in [-0.39, 0.29) is 5.91 Å². The highest BCUT2D eigenvalue weighted by Crippen LogP contribution is 2.25. The number of hydrogen-bond acceptors (Lipinski definition) is 4. The van der Waals surface area contributed by atoms with Crippen LogP contribution >= 0.6 is 23.1 Å². The van der Waals surface area contributed by atoms with E-state index in [1.807, 2.05) is 29.6 Å². The van der Waals surface area contributed by atoms with Gasteiger partial charge in [0.05, 0.1) is 11.3 Å². The number of carbonyl (C=O) groups is 1. The van der Waals surface area contributed by atoms with Crippen LogP contribution in [0.4, 0.5) is 5.13 Å². The van der Waals surface area contributed by atoms with Crippen molar-refractivity contribution < 1.29 is 4.79 Å². The fourth-order valence-corrected chi connectivity index (χ4v) is 3.38. The van der Waals surface area contributed by atoms with E-state index < -0.39 is 0 Å². The summed E-state index contributed by atoms with van der Waals surface area (Å²) in [5.41, 5.74) is 1.72. The molecule has 3 nitrogen and oxygen atoms in total. The van der Waals surface area contributed by atoms with Crippen molar-refractivity contribution in [2.24, 2.45) is 0 Å². The normalized spacial score (nSPS) is 10.8. The Morgan fingerprint density at radius 1 is 1.40 bits per heavy atom. The third-order valence-corrected chi connectivity index (χ3v) is 4.50. The maximum absolute atomic E-state index is 12.3. The van der Waals surface area contributed by atoms with Crippen molar-refractivity contribution in [3.05, 3.63) is 40.9 Å². The maximum Gasteiger partial charge on any atom is 0.258 e. The molecule has 1 aromatic heterocycles. The molecule has 2 aromatic rings. The van der Waals surface area contributed by atoms with Gasteiger partial charge in [0.15, 0.2) is 5.13 Å². The second-order valence-electron chi connectivity index (χ2n) is 4.62. The third kappa shape index (κ3) is 3.61. The van der Waals surface area contributed by atoms with E-state index in [1.54, 1.807) is 11.8 Å². The van der Waals surface area contributed by atoms with Crippen LogP contribution in [-0.2, 0) is 0 Å². The molecule has 0 unspecified atom stereocenters. The fourth-order valence-electron chi connectivity index (χ4n) is 1.71. The van der Waals surface area contributed by atoms with Crippen molar-refractivity contribution in [2.45, 2.75) is 31.6 Å². The molecule has 1 amide bonds. The van der Waals surface area contributed by atoms with E-state index in [2.05, 4.69) is 31.1 Å². The summed E-state index contributed by atoms with van der Waals surface area (Å²) in [5.74, 6) is 1.23. The van der Waals surface area contributed by atoms with Gasteiger partial charge < -0.3 is 0 Å². The summed E-state index contributed by atoms with van der Waals surface area (Å²) in [7, 11) is 0. The van der Waals surface area contributed by atoms with Gasteiger partial charge >= 0.3 is 0 Å². The number of anilines is 1. The lowest BCUT2D eigenvalue weighted by atomic mass is 10.2. The lowest BCUT2D eigenvalue weighted by molar-refractivity contribution is 0.102. The molecule has 0 atom stereocenters. The zero-order valence-corrected chi connectivity index (χ0v) is 13.5. The summed E-state index contributed by atoms with van der Waals surface area (Å²) in [6.45, 7) is 6.26. The number of thiazole rings is 1. The van der Waals surface area contributed by atoms with Crippen LogP contribution in [0.3, 0.4) is 0 Å². The lowest BCUT2D eigenvalue weighted by Crippen LogP contribution is -2.13. The van der Waals surface area contributed by atoms with E-state index in [4.69, 9.17) is 0 Å². The van der Waals surface area contributed by atoms with Crippen molar-refractivity contribution in [1.29, 1.82) is 0 Å². The molecule has 0 radical (unpaired) electrons. The minimum atomic E-state index is -0.0915. The molecule has 1 heterocycles. The monoisotopic (exact) mass is 306 g/mol. The van der Waals surface area contributed by atoms with Crippen molar-refractivity contribution >= 4 is 34.1 Å². The molecule has 0 fully saturated rings. The number of nitrogens with zero attached hydrogens (tertiary/aromatic N) is 1. The van der Waals surface area contributed by atoms with Crippen LogP contribution < -0.4 is 5.32 Å². The Labute approximate surface area is 127 Å². The fraction of sp³-hybridized carbons (Fsp3) is 0.333. The molecule has 5 heteroatoms. The van der Waals surface area contributed by atoms with Gasteiger partial charge in [-0.25, -0.2) is 4.98 Å². The molecule has 106 valence electrons. The first-order valence-electron chi connectivity index (χ1n) is 6.60.